The number of rotatable bonds is 8. The van der Waals surface area contributed by atoms with Gasteiger partial charge in [0, 0.05) is 29.9 Å². The van der Waals surface area contributed by atoms with Crippen LogP contribution in [0.5, 0.6) is 11.5 Å². The number of hydrogen-bond acceptors (Lipinski definition) is 5. The molecule has 3 rings (SSSR count). The third-order valence-electron chi connectivity index (χ3n) is 4.36. The maximum Gasteiger partial charge on any atom is 0.300 e. The molecule has 2 heterocycles. The molecule has 1 aromatic carbocycles. The highest BCUT2D eigenvalue weighted by molar-refractivity contribution is 7.90. The van der Waals surface area contributed by atoms with Crippen LogP contribution in [0.1, 0.15) is 30.5 Å². The van der Waals surface area contributed by atoms with Crippen molar-refractivity contribution in [3.8, 4) is 11.5 Å². The Morgan fingerprint density at radius 2 is 1.88 bits per heavy atom. The van der Waals surface area contributed by atoms with Crippen molar-refractivity contribution in [3.05, 3.63) is 76.2 Å². The van der Waals surface area contributed by atoms with E-state index < -0.39 is 27.7 Å². The van der Waals surface area contributed by atoms with Crippen LogP contribution in [0.25, 0.3) is 0 Å². The molecule has 0 amide bonds. The first-order valence-electron chi connectivity index (χ1n) is 9.55. The zero-order valence-corrected chi connectivity index (χ0v) is 19.1. The van der Waals surface area contributed by atoms with E-state index in [1.165, 1.54) is 36.8 Å². The summed E-state index contributed by atoms with van der Waals surface area (Å²) in [5.41, 5.74) is 1.42. The van der Waals surface area contributed by atoms with E-state index >= 15 is 0 Å². The number of nitrogens with zero attached hydrogens (tertiary/aromatic N) is 2. The molecule has 11 heteroatoms. The second-order valence-electron chi connectivity index (χ2n) is 7.29. The highest BCUT2D eigenvalue weighted by Crippen LogP contribution is 2.31. The van der Waals surface area contributed by atoms with E-state index in [1.54, 1.807) is 20.8 Å². The van der Waals surface area contributed by atoms with Crippen LogP contribution in [0.3, 0.4) is 0 Å². The Labute approximate surface area is 190 Å². The van der Waals surface area contributed by atoms with Gasteiger partial charge in [-0.1, -0.05) is 11.6 Å². The van der Waals surface area contributed by atoms with E-state index in [4.69, 9.17) is 16.3 Å². The zero-order chi connectivity index (χ0) is 23.5. The molecule has 0 saturated heterocycles. The zero-order valence-electron chi connectivity index (χ0n) is 17.5. The molecule has 0 aliphatic carbocycles. The third kappa shape index (κ3) is 5.90. The van der Waals surface area contributed by atoms with Gasteiger partial charge in [-0.05, 0) is 61.7 Å². The van der Waals surface area contributed by atoms with Gasteiger partial charge in [-0.15, -0.1) is 0 Å². The number of anilines is 1. The van der Waals surface area contributed by atoms with Crippen molar-refractivity contribution in [1.29, 1.82) is 0 Å². The Morgan fingerprint density at radius 1 is 1.12 bits per heavy atom. The number of halogens is 3. The van der Waals surface area contributed by atoms with Crippen LogP contribution < -0.4 is 14.2 Å². The predicted molar refractivity (Wildman–Crippen MR) is 118 cm³/mol. The van der Waals surface area contributed by atoms with E-state index in [9.17, 15) is 17.2 Å². The molecule has 0 aliphatic heterocycles. The summed E-state index contributed by atoms with van der Waals surface area (Å²) in [6.07, 6.45) is 4.34. The van der Waals surface area contributed by atoms with Crippen LogP contribution in [0, 0.1) is 18.6 Å². The van der Waals surface area contributed by atoms with Gasteiger partial charge >= 0.3 is 10.2 Å². The van der Waals surface area contributed by atoms with Crippen molar-refractivity contribution in [2.75, 3.05) is 4.72 Å². The molecule has 0 fully saturated rings. The van der Waals surface area contributed by atoms with Crippen molar-refractivity contribution >= 4 is 27.6 Å². The molecule has 0 aliphatic rings. The molecule has 3 aromatic rings. The van der Waals surface area contributed by atoms with Gasteiger partial charge in [-0.3, -0.25) is 9.71 Å². The minimum absolute atomic E-state index is 0.0270. The van der Waals surface area contributed by atoms with E-state index in [2.05, 4.69) is 19.4 Å². The summed E-state index contributed by atoms with van der Waals surface area (Å²) >= 11 is 5.76. The van der Waals surface area contributed by atoms with Crippen molar-refractivity contribution in [2.45, 2.75) is 33.2 Å². The molecule has 0 atom stereocenters. The molecular weight excluding hydrogens is 462 g/mol. The number of aromatic nitrogens is 2. The Hall–Kier alpha value is -2.82. The summed E-state index contributed by atoms with van der Waals surface area (Å²) in [6, 6.07) is 5.09. The van der Waals surface area contributed by atoms with Crippen molar-refractivity contribution in [2.24, 2.45) is 0 Å². The van der Waals surface area contributed by atoms with Crippen molar-refractivity contribution in [3.63, 3.8) is 0 Å². The number of pyridine rings is 2. The Bertz CT molecular complexity index is 1240. The minimum Gasteiger partial charge on any atom is -0.452 e. The summed E-state index contributed by atoms with van der Waals surface area (Å²) in [6.45, 7) is 5.01. The monoisotopic (exact) mass is 482 g/mol. The average molecular weight is 483 g/mol. The van der Waals surface area contributed by atoms with Gasteiger partial charge in [-0.2, -0.15) is 13.1 Å². The van der Waals surface area contributed by atoms with Gasteiger partial charge in [-0.25, -0.2) is 13.8 Å². The maximum absolute atomic E-state index is 15.0. The van der Waals surface area contributed by atoms with Gasteiger partial charge in [0.05, 0.1) is 6.20 Å². The van der Waals surface area contributed by atoms with E-state index in [1.807, 2.05) is 0 Å². The molecule has 2 aromatic heterocycles. The van der Waals surface area contributed by atoms with Crippen LogP contribution in [0.15, 0.2) is 42.9 Å². The summed E-state index contributed by atoms with van der Waals surface area (Å²) in [7, 11) is -3.98. The predicted octanol–water partition coefficient (Wildman–Crippen LogP) is 4.75. The molecule has 0 unspecified atom stereocenters. The fourth-order valence-electron chi connectivity index (χ4n) is 2.87. The fraction of sp³-hybridized carbons (Fsp3) is 0.238. The van der Waals surface area contributed by atoms with Gasteiger partial charge < -0.3 is 4.74 Å². The van der Waals surface area contributed by atoms with Crippen LogP contribution in [-0.2, 0) is 16.6 Å². The molecule has 32 heavy (non-hydrogen) atoms. The standard InChI is InChI=1S/C21H21ClF2N4O3S/c1-12(2)27-32(29,30)28-21-20(24)14(6-7-26-21)8-15-10-25-11-19(13(15)3)31-18-5-4-16(22)9-17(18)23/h4-7,9-12,27H,8H2,1-3H3,(H,26,28). The van der Waals surface area contributed by atoms with Gasteiger partial charge in [0.15, 0.2) is 23.2 Å². The van der Waals surface area contributed by atoms with E-state index in [0.717, 1.165) is 6.07 Å². The summed E-state index contributed by atoms with van der Waals surface area (Å²) in [5, 5.41) is 0.238. The highest BCUT2D eigenvalue weighted by atomic mass is 35.5. The number of benzene rings is 1. The lowest BCUT2D eigenvalue weighted by Gasteiger charge is -2.14. The molecule has 2 N–H and O–H groups in total. The lowest BCUT2D eigenvalue weighted by Crippen LogP contribution is -2.35. The van der Waals surface area contributed by atoms with Crippen LogP contribution in [-0.4, -0.2) is 24.4 Å². The number of ether oxygens (including phenoxy) is 1. The largest absolute Gasteiger partial charge is 0.452 e. The smallest absolute Gasteiger partial charge is 0.300 e. The van der Waals surface area contributed by atoms with Gasteiger partial charge in [0.1, 0.15) is 5.75 Å². The maximum atomic E-state index is 15.0. The Kier molecular flexibility index (Phi) is 7.27. The first-order chi connectivity index (χ1) is 15.1. The second kappa shape index (κ2) is 9.76. The fourth-order valence-corrected chi connectivity index (χ4v) is 4.10. The lowest BCUT2D eigenvalue weighted by molar-refractivity contribution is 0.437. The van der Waals surface area contributed by atoms with Gasteiger partial charge in [0.25, 0.3) is 0 Å². The average Bonchev–Trinajstić information content (AvgIpc) is 2.68. The molecule has 0 spiro atoms. The molecule has 7 nitrogen and oxygen atoms in total. The van der Waals surface area contributed by atoms with Crippen molar-refractivity contribution < 1.29 is 21.9 Å². The van der Waals surface area contributed by atoms with Crippen LogP contribution in [0.4, 0.5) is 14.6 Å². The van der Waals surface area contributed by atoms with Gasteiger partial charge in [0.2, 0.25) is 0 Å². The lowest BCUT2D eigenvalue weighted by atomic mass is 10.0. The Balaban J connectivity index is 1.86. The number of nitrogens with one attached hydrogen (secondary N) is 2. The molecular formula is C21H21ClF2N4O3S. The summed E-state index contributed by atoms with van der Waals surface area (Å²) in [4.78, 5) is 7.88. The first kappa shape index (κ1) is 23.8. The molecule has 0 saturated carbocycles. The second-order valence-corrected chi connectivity index (χ2v) is 9.17. The topological polar surface area (TPSA) is 93.2 Å². The molecule has 0 bridgehead atoms. The SMILES string of the molecule is Cc1c(Cc2ccnc(NS(=O)(=O)NC(C)C)c2F)cncc1Oc1ccc(Cl)cc1F. The molecule has 170 valence electrons. The normalized spacial score (nSPS) is 11.6. The van der Waals surface area contributed by atoms with E-state index in [0.29, 0.717) is 16.9 Å². The minimum atomic E-state index is -3.98. The third-order valence-corrected chi connectivity index (χ3v) is 5.84. The summed E-state index contributed by atoms with van der Waals surface area (Å²) in [5.74, 6) is -1.59. The molecule has 0 radical (unpaired) electrons. The highest BCUT2D eigenvalue weighted by Gasteiger charge is 2.18. The first-order valence-corrected chi connectivity index (χ1v) is 11.4. The number of hydrogen-bond donors (Lipinski definition) is 2. The van der Waals surface area contributed by atoms with Crippen molar-refractivity contribution in [1.82, 2.24) is 14.7 Å². The van der Waals surface area contributed by atoms with Crippen LogP contribution >= 0.6 is 11.6 Å². The van der Waals surface area contributed by atoms with Crippen LogP contribution in [0.2, 0.25) is 5.02 Å². The summed E-state index contributed by atoms with van der Waals surface area (Å²) < 4.78 is 63.2. The quantitative estimate of drug-likeness (QED) is 0.483. The Morgan fingerprint density at radius 3 is 2.56 bits per heavy atom. The van der Waals surface area contributed by atoms with E-state index in [-0.39, 0.29) is 28.8 Å².